The maximum absolute atomic E-state index is 10.8. The van der Waals surface area contributed by atoms with Crippen molar-refractivity contribution in [1.29, 1.82) is 0 Å². The average molecular weight is 146 g/mol. The Morgan fingerprint density at radius 2 is 2.36 bits per heavy atom. The minimum atomic E-state index is 0.679. The van der Waals surface area contributed by atoms with Gasteiger partial charge in [0.25, 0.3) is 0 Å². The molecule has 11 heavy (non-hydrogen) atoms. The summed E-state index contributed by atoms with van der Waals surface area (Å²) in [5.41, 5.74) is 1.54. The van der Waals surface area contributed by atoms with Crippen molar-refractivity contribution in [1.82, 2.24) is 4.98 Å². The standard InChI is InChI=1S/C8H6N2O/c11-10-5-3-8(10)7-2-1-4-9-6-7/h1-6H. The van der Waals surface area contributed by atoms with Crippen LogP contribution in [0, 0.1) is 5.21 Å². The fourth-order valence-corrected chi connectivity index (χ4v) is 0.948. The summed E-state index contributed by atoms with van der Waals surface area (Å²) < 4.78 is 0.830. The van der Waals surface area contributed by atoms with Gasteiger partial charge in [-0.1, -0.05) is 0 Å². The molecule has 1 aliphatic rings. The Hall–Kier alpha value is -1.64. The zero-order valence-electron chi connectivity index (χ0n) is 5.77. The SMILES string of the molecule is [O-][N+]1=C(c2cccnc2)C=C1. The second-order valence-corrected chi connectivity index (χ2v) is 2.27. The summed E-state index contributed by atoms with van der Waals surface area (Å²) in [6, 6.07) is 3.67. The number of rotatable bonds is 1. The van der Waals surface area contributed by atoms with E-state index >= 15 is 0 Å². The lowest BCUT2D eigenvalue weighted by Gasteiger charge is -2.08. The Morgan fingerprint density at radius 1 is 1.45 bits per heavy atom. The molecular weight excluding hydrogens is 140 g/mol. The van der Waals surface area contributed by atoms with Crippen molar-refractivity contribution >= 4 is 5.71 Å². The zero-order chi connectivity index (χ0) is 7.68. The molecule has 1 aromatic heterocycles. The van der Waals surface area contributed by atoms with Gasteiger partial charge in [0.1, 0.15) is 0 Å². The lowest BCUT2D eigenvalue weighted by atomic mass is 10.1. The van der Waals surface area contributed by atoms with Crippen LogP contribution < -0.4 is 0 Å². The van der Waals surface area contributed by atoms with Crippen LogP contribution in [0.5, 0.6) is 0 Å². The highest BCUT2D eigenvalue weighted by molar-refractivity contribution is 6.07. The van der Waals surface area contributed by atoms with Crippen molar-refractivity contribution in [2.75, 3.05) is 0 Å². The highest BCUT2D eigenvalue weighted by atomic mass is 16.5. The van der Waals surface area contributed by atoms with Crippen molar-refractivity contribution in [3.05, 3.63) is 47.6 Å². The first-order valence-electron chi connectivity index (χ1n) is 3.30. The third-order valence-corrected chi connectivity index (χ3v) is 1.56. The molecule has 0 amide bonds. The first-order valence-corrected chi connectivity index (χ1v) is 3.30. The molecule has 0 saturated heterocycles. The molecular formula is C8H6N2O. The van der Waals surface area contributed by atoms with Gasteiger partial charge >= 0.3 is 0 Å². The third-order valence-electron chi connectivity index (χ3n) is 1.56. The zero-order valence-corrected chi connectivity index (χ0v) is 5.77. The van der Waals surface area contributed by atoms with Gasteiger partial charge in [0.2, 0.25) is 5.71 Å². The van der Waals surface area contributed by atoms with Crippen molar-refractivity contribution in [2.24, 2.45) is 0 Å². The Labute approximate surface area is 63.9 Å². The minimum absolute atomic E-state index is 0.679. The predicted octanol–water partition coefficient (Wildman–Crippen LogP) is 0.908. The fraction of sp³-hybridized carbons (Fsp3) is 0. The van der Waals surface area contributed by atoms with E-state index in [4.69, 9.17) is 0 Å². The van der Waals surface area contributed by atoms with Crippen LogP contribution in [0.25, 0.3) is 0 Å². The van der Waals surface area contributed by atoms with E-state index in [0.717, 1.165) is 10.3 Å². The monoisotopic (exact) mass is 146 g/mol. The minimum Gasteiger partial charge on any atom is -0.618 e. The molecule has 0 spiro atoms. The second kappa shape index (κ2) is 2.20. The number of hydroxylamine groups is 1. The van der Waals surface area contributed by atoms with Crippen LogP contribution in [-0.2, 0) is 0 Å². The Morgan fingerprint density at radius 3 is 2.82 bits per heavy atom. The molecule has 0 N–H and O–H groups in total. The smallest absolute Gasteiger partial charge is 0.231 e. The van der Waals surface area contributed by atoms with E-state index in [1.54, 1.807) is 18.5 Å². The average Bonchev–Trinajstić information content (AvgIpc) is 2.04. The number of hydrogen-bond donors (Lipinski definition) is 0. The third kappa shape index (κ3) is 0.902. The van der Waals surface area contributed by atoms with Gasteiger partial charge in [-0.15, -0.1) is 0 Å². The van der Waals surface area contributed by atoms with E-state index in [2.05, 4.69) is 4.98 Å². The van der Waals surface area contributed by atoms with Gasteiger partial charge < -0.3 is 5.21 Å². The molecule has 2 rings (SSSR count). The second-order valence-electron chi connectivity index (χ2n) is 2.27. The molecule has 0 aliphatic carbocycles. The van der Waals surface area contributed by atoms with Crippen LogP contribution in [0.2, 0.25) is 0 Å². The van der Waals surface area contributed by atoms with Gasteiger partial charge in [0.15, 0.2) is 6.20 Å². The summed E-state index contributed by atoms with van der Waals surface area (Å²) in [6.45, 7) is 0. The molecule has 0 bridgehead atoms. The van der Waals surface area contributed by atoms with Gasteiger partial charge in [-0.05, 0) is 12.1 Å². The van der Waals surface area contributed by atoms with Gasteiger partial charge in [-0.25, -0.2) is 0 Å². The van der Waals surface area contributed by atoms with E-state index < -0.39 is 0 Å². The van der Waals surface area contributed by atoms with E-state index in [1.165, 1.54) is 6.20 Å². The fourth-order valence-electron chi connectivity index (χ4n) is 0.948. The van der Waals surface area contributed by atoms with Gasteiger partial charge in [-0.2, -0.15) is 4.74 Å². The van der Waals surface area contributed by atoms with Crippen LogP contribution in [0.4, 0.5) is 0 Å². The maximum atomic E-state index is 10.8. The molecule has 1 aromatic rings. The van der Waals surface area contributed by atoms with Crippen LogP contribution >= 0.6 is 0 Å². The van der Waals surface area contributed by atoms with E-state index in [-0.39, 0.29) is 0 Å². The van der Waals surface area contributed by atoms with Gasteiger partial charge in [-0.3, -0.25) is 4.98 Å². The Bertz CT molecular complexity index is 327. The molecule has 0 saturated carbocycles. The summed E-state index contributed by atoms with van der Waals surface area (Å²) in [4.78, 5) is 3.90. The van der Waals surface area contributed by atoms with Crippen LogP contribution in [0.3, 0.4) is 0 Å². The van der Waals surface area contributed by atoms with Gasteiger partial charge in [0, 0.05) is 12.4 Å². The lowest BCUT2D eigenvalue weighted by Crippen LogP contribution is -2.17. The first-order chi connectivity index (χ1) is 5.38. The van der Waals surface area contributed by atoms with Crippen LogP contribution in [-0.4, -0.2) is 15.4 Å². The van der Waals surface area contributed by atoms with E-state index in [0.29, 0.717) is 5.71 Å². The highest BCUT2D eigenvalue weighted by Gasteiger charge is 2.15. The number of allylic oxidation sites excluding steroid dienone is 1. The quantitative estimate of drug-likeness (QED) is 0.436. The van der Waals surface area contributed by atoms with Gasteiger partial charge in [0.05, 0.1) is 11.6 Å². The lowest BCUT2D eigenvalue weighted by molar-refractivity contribution is -0.388. The molecule has 0 fully saturated rings. The topological polar surface area (TPSA) is 39.0 Å². The number of aromatic nitrogens is 1. The molecule has 54 valence electrons. The summed E-state index contributed by atoms with van der Waals surface area (Å²) in [5.74, 6) is 0. The van der Waals surface area contributed by atoms with Crippen molar-refractivity contribution in [2.45, 2.75) is 0 Å². The summed E-state index contributed by atoms with van der Waals surface area (Å²) in [7, 11) is 0. The largest absolute Gasteiger partial charge is 0.618 e. The number of nitrogens with zero attached hydrogens (tertiary/aromatic N) is 2. The molecule has 0 atom stereocenters. The van der Waals surface area contributed by atoms with Crippen LogP contribution in [0.15, 0.2) is 36.8 Å². The maximum Gasteiger partial charge on any atom is 0.231 e. The van der Waals surface area contributed by atoms with Crippen molar-refractivity contribution < 1.29 is 4.74 Å². The summed E-state index contributed by atoms with van der Waals surface area (Å²) in [6.07, 6.45) is 6.59. The van der Waals surface area contributed by atoms with Crippen LogP contribution in [0.1, 0.15) is 5.56 Å². The highest BCUT2D eigenvalue weighted by Crippen LogP contribution is 2.06. The van der Waals surface area contributed by atoms with E-state index in [1.807, 2.05) is 12.1 Å². The summed E-state index contributed by atoms with van der Waals surface area (Å²) >= 11 is 0. The number of hydrogen-bond acceptors (Lipinski definition) is 2. The Kier molecular flexibility index (Phi) is 1.22. The molecule has 3 heteroatoms. The normalized spacial score (nSPS) is 14.9. The predicted molar refractivity (Wildman–Crippen MR) is 41.1 cm³/mol. The van der Waals surface area contributed by atoms with E-state index in [9.17, 15) is 5.21 Å². The first kappa shape index (κ1) is 6.09. The number of pyridine rings is 1. The van der Waals surface area contributed by atoms with Crippen molar-refractivity contribution in [3.8, 4) is 0 Å². The molecule has 0 aromatic carbocycles. The summed E-state index contributed by atoms with van der Waals surface area (Å²) in [5, 5.41) is 10.8. The molecule has 1 aliphatic heterocycles. The molecule has 3 nitrogen and oxygen atoms in total. The Balaban J connectivity index is 2.39. The van der Waals surface area contributed by atoms with Crippen molar-refractivity contribution in [3.63, 3.8) is 0 Å². The molecule has 0 radical (unpaired) electrons. The molecule has 0 unspecified atom stereocenters. The molecule has 2 heterocycles.